The molecule has 0 saturated carbocycles. The van der Waals surface area contributed by atoms with Gasteiger partial charge in [0.15, 0.2) is 0 Å². The maximum absolute atomic E-state index is 13.5. The Morgan fingerprint density at radius 3 is 2.46 bits per heavy atom. The molecule has 0 heterocycles. The molecule has 0 fully saturated rings. The summed E-state index contributed by atoms with van der Waals surface area (Å²) >= 11 is 12.1. The van der Waals surface area contributed by atoms with Gasteiger partial charge in [-0.1, -0.05) is 60.1 Å². The fourth-order valence-corrected chi connectivity index (χ4v) is 5.47. The molecule has 0 spiro atoms. The van der Waals surface area contributed by atoms with E-state index in [9.17, 15) is 22.9 Å². The van der Waals surface area contributed by atoms with E-state index in [1.807, 2.05) is 0 Å². The first-order valence-electron chi connectivity index (χ1n) is 11.1. The second-order valence-corrected chi connectivity index (χ2v) is 10.2. The summed E-state index contributed by atoms with van der Waals surface area (Å²) in [4.78, 5) is 12.7. The predicted molar refractivity (Wildman–Crippen MR) is 144 cm³/mol. The van der Waals surface area contributed by atoms with Crippen molar-refractivity contribution in [2.24, 2.45) is 10.2 Å². The molecule has 4 rings (SSSR count). The fraction of sp³-hybridized carbons (Fsp3) is 0.115. The number of nitrogens with one attached hydrogen (secondary N) is 1. The number of fused-ring (bicyclic) bond motifs is 1. The summed E-state index contributed by atoms with van der Waals surface area (Å²) in [6, 6.07) is 15.6. The Labute approximate surface area is 256 Å². The molecule has 0 aliphatic heterocycles. The van der Waals surface area contributed by atoms with Crippen LogP contribution < -0.4 is 44.7 Å². The minimum atomic E-state index is -4.65. The van der Waals surface area contributed by atoms with Gasteiger partial charge in [0.25, 0.3) is 16.0 Å². The van der Waals surface area contributed by atoms with Gasteiger partial charge in [0, 0.05) is 21.5 Å². The molecule has 1 amide bonds. The number of carbonyl (C=O) groups excluding carboxylic acids is 1. The Hall–Kier alpha value is -2.70. The molecule has 0 unspecified atom stereocenters. The van der Waals surface area contributed by atoms with E-state index in [0.29, 0.717) is 21.5 Å². The van der Waals surface area contributed by atoms with Gasteiger partial charge in [0.1, 0.15) is 10.6 Å². The zero-order chi connectivity index (χ0) is 27.6. The Kier molecular flexibility index (Phi) is 10.0. The minimum absolute atomic E-state index is 0. The average Bonchev–Trinajstić information content (AvgIpc) is 2.87. The number of azo groups is 1. The summed E-state index contributed by atoms with van der Waals surface area (Å²) in [7, 11) is -3.22. The second-order valence-electron chi connectivity index (χ2n) is 8.02. The van der Waals surface area contributed by atoms with Crippen molar-refractivity contribution in [1.82, 2.24) is 0 Å². The van der Waals surface area contributed by atoms with Crippen molar-refractivity contribution in [3.8, 4) is 11.5 Å². The Morgan fingerprint density at radius 1 is 1.08 bits per heavy atom. The van der Waals surface area contributed by atoms with Gasteiger partial charge in [0.05, 0.1) is 29.2 Å². The van der Waals surface area contributed by atoms with Crippen molar-refractivity contribution in [3.63, 3.8) is 0 Å². The van der Waals surface area contributed by atoms with E-state index < -0.39 is 26.7 Å². The maximum Gasteiger partial charge on any atom is 1.00 e. The van der Waals surface area contributed by atoms with Crippen LogP contribution in [0.25, 0.3) is 10.8 Å². The molecular weight excluding hydrogens is 576 g/mol. The van der Waals surface area contributed by atoms with Crippen molar-refractivity contribution in [3.05, 3.63) is 81.8 Å². The summed E-state index contributed by atoms with van der Waals surface area (Å²) in [5.74, 6) is -1.07. The van der Waals surface area contributed by atoms with Gasteiger partial charge < -0.3 is 15.2 Å². The number of ether oxygens (including phenoxy) is 1. The smallest absolute Gasteiger partial charge is 0.870 e. The largest absolute Gasteiger partial charge is 1.00 e. The molecule has 39 heavy (non-hydrogen) atoms. The van der Waals surface area contributed by atoms with Gasteiger partial charge >= 0.3 is 29.6 Å². The molecule has 13 heteroatoms. The van der Waals surface area contributed by atoms with Gasteiger partial charge in [-0.2, -0.15) is 18.6 Å². The molecule has 4 aromatic rings. The first-order valence-corrected chi connectivity index (χ1v) is 13.3. The van der Waals surface area contributed by atoms with Crippen molar-refractivity contribution in [2.75, 3.05) is 12.4 Å². The van der Waals surface area contributed by atoms with Crippen LogP contribution in [0.15, 0.2) is 75.8 Å². The van der Waals surface area contributed by atoms with E-state index in [0.717, 1.165) is 0 Å². The number of amides is 1. The van der Waals surface area contributed by atoms with Crippen LogP contribution in [0.1, 0.15) is 22.8 Å². The van der Waals surface area contributed by atoms with Crippen molar-refractivity contribution in [2.45, 2.75) is 18.2 Å². The van der Waals surface area contributed by atoms with E-state index >= 15 is 0 Å². The number of hydrogen-bond donors (Lipinski definition) is 2. The van der Waals surface area contributed by atoms with Gasteiger partial charge in [-0.3, -0.25) is 9.35 Å². The SMILES string of the molecule is CCc1c(N=Nc2c([O-])c(C(=O)Nc3cc(Cl)ccc3OC)cc3ccccc23)ccc(Cl)c1S(=O)(=O)O.[Na+]. The molecule has 0 aromatic heterocycles. The van der Waals surface area contributed by atoms with Crippen LogP contribution in [0, 0.1) is 0 Å². The van der Waals surface area contributed by atoms with Crippen LogP contribution in [-0.4, -0.2) is 26.0 Å². The third-order valence-corrected chi connectivity index (χ3v) is 7.33. The molecule has 9 nitrogen and oxygen atoms in total. The first-order chi connectivity index (χ1) is 18.0. The molecule has 0 aliphatic carbocycles. The van der Waals surface area contributed by atoms with Gasteiger partial charge in [-0.15, -0.1) is 0 Å². The molecule has 0 radical (unpaired) electrons. The predicted octanol–water partition coefficient (Wildman–Crippen LogP) is 3.71. The van der Waals surface area contributed by atoms with Crippen molar-refractivity contribution >= 4 is 67.1 Å². The number of benzene rings is 4. The van der Waals surface area contributed by atoms with Gasteiger partial charge in [0.2, 0.25) is 0 Å². The van der Waals surface area contributed by atoms with Crippen LogP contribution in [0.4, 0.5) is 17.1 Å². The molecule has 0 atom stereocenters. The zero-order valence-corrected chi connectivity index (χ0v) is 25.4. The molecule has 2 N–H and O–H groups in total. The summed E-state index contributed by atoms with van der Waals surface area (Å²) in [5.41, 5.74) is 0.156. The quantitative estimate of drug-likeness (QED) is 0.189. The third kappa shape index (κ3) is 6.55. The number of carbonyl (C=O) groups is 1. The monoisotopic (exact) mass is 595 g/mol. The molecule has 4 aromatic carbocycles. The van der Waals surface area contributed by atoms with E-state index in [1.165, 1.54) is 31.4 Å². The molecule has 0 aliphatic rings. The molecular formula is C26H20Cl2N3NaO6S. The number of rotatable bonds is 7. The van der Waals surface area contributed by atoms with Gasteiger partial charge in [-0.25, -0.2) is 0 Å². The standard InChI is InChI=1S/C26H21Cl2N3O6S.Na/c1-3-16-20(10-9-19(28)25(16)38(34,35)36)30-31-23-17-7-5-4-6-14(17)12-18(24(23)32)26(33)29-21-13-15(27)8-11-22(21)37-2;/h4-13,32H,3H2,1-2H3,(H,29,33)(H,34,35,36);/q;+1/p-1. The zero-order valence-electron chi connectivity index (χ0n) is 21.0. The number of methoxy groups -OCH3 is 1. The topological polar surface area (TPSA) is 140 Å². The summed E-state index contributed by atoms with van der Waals surface area (Å²) in [5, 5.41) is 25.5. The Morgan fingerprint density at radius 2 is 1.79 bits per heavy atom. The van der Waals surface area contributed by atoms with Crippen LogP contribution in [0.3, 0.4) is 0 Å². The Balaban J connectivity index is 0.00000420. The normalized spacial score (nSPS) is 11.4. The second kappa shape index (κ2) is 12.6. The number of halogens is 2. The van der Waals surface area contributed by atoms with Crippen molar-refractivity contribution < 1.29 is 57.2 Å². The van der Waals surface area contributed by atoms with Gasteiger partial charge in [-0.05, 0) is 48.2 Å². The Bertz CT molecular complexity index is 1710. The maximum atomic E-state index is 13.5. The molecule has 0 bridgehead atoms. The summed E-state index contributed by atoms with van der Waals surface area (Å²) < 4.78 is 38.7. The van der Waals surface area contributed by atoms with Crippen LogP contribution in [-0.2, 0) is 16.5 Å². The summed E-state index contributed by atoms with van der Waals surface area (Å²) in [6.07, 6.45) is 0.152. The number of nitrogens with zero attached hydrogens (tertiary/aromatic N) is 2. The van der Waals surface area contributed by atoms with E-state index in [1.54, 1.807) is 43.3 Å². The third-order valence-electron chi connectivity index (χ3n) is 5.69. The van der Waals surface area contributed by atoms with E-state index in [2.05, 4.69) is 15.5 Å². The van der Waals surface area contributed by atoms with Crippen molar-refractivity contribution in [1.29, 1.82) is 0 Å². The average molecular weight is 596 g/mol. The minimum Gasteiger partial charge on any atom is -0.870 e. The van der Waals surface area contributed by atoms with Crippen LogP contribution in [0.2, 0.25) is 10.0 Å². The van der Waals surface area contributed by atoms with Crippen LogP contribution in [0.5, 0.6) is 11.5 Å². The molecule has 0 saturated heterocycles. The first kappa shape index (κ1) is 30.8. The van der Waals surface area contributed by atoms with Crippen LogP contribution >= 0.6 is 23.2 Å². The fourth-order valence-electron chi connectivity index (χ4n) is 3.95. The molecule has 196 valence electrons. The summed E-state index contributed by atoms with van der Waals surface area (Å²) in [6.45, 7) is 1.66. The van der Waals surface area contributed by atoms with E-state index in [4.69, 9.17) is 27.9 Å². The van der Waals surface area contributed by atoms with E-state index in [-0.39, 0.29) is 69.2 Å². The number of hydrogen-bond acceptors (Lipinski definition) is 7. The number of anilines is 1.